The second kappa shape index (κ2) is 6.01. The van der Waals surface area contributed by atoms with Gasteiger partial charge >= 0.3 is 0 Å². The molecule has 0 aliphatic rings. The van der Waals surface area contributed by atoms with Gasteiger partial charge in [0.2, 0.25) is 0 Å². The van der Waals surface area contributed by atoms with Crippen LogP contribution in [0.15, 0.2) is 24.3 Å². The van der Waals surface area contributed by atoms with Gasteiger partial charge in [0, 0.05) is 6.54 Å². The van der Waals surface area contributed by atoms with Crippen LogP contribution < -0.4 is 5.32 Å². The maximum Gasteiger partial charge on any atom is 0.123 e. The summed E-state index contributed by atoms with van der Waals surface area (Å²) in [6.45, 7) is 9.59. The molecule has 1 aromatic carbocycles. The van der Waals surface area contributed by atoms with Crippen LogP contribution in [0.5, 0.6) is 0 Å². The standard InChI is InChI=1S/C15H23N3/c1-4-9-18-14-8-6-5-7-13(14)17-15(18)11-16-10-12(2)3/h5-8,12,16H,4,9-11H2,1-3H3. The fraction of sp³-hybridized carbons (Fsp3) is 0.533. The van der Waals surface area contributed by atoms with Gasteiger partial charge in [0.1, 0.15) is 5.82 Å². The molecule has 2 rings (SSSR count). The SMILES string of the molecule is CCCn1c(CNCC(C)C)nc2ccccc21. The smallest absolute Gasteiger partial charge is 0.123 e. The van der Waals surface area contributed by atoms with Gasteiger partial charge in [-0.05, 0) is 31.0 Å². The summed E-state index contributed by atoms with van der Waals surface area (Å²) < 4.78 is 2.34. The molecule has 98 valence electrons. The number of rotatable bonds is 6. The maximum atomic E-state index is 4.73. The molecule has 3 heteroatoms. The first kappa shape index (κ1) is 13.1. The molecule has 0 amide bonds. The number of aromatic nitrogens is 2. The summed E-state index contributed by atoms with van der Waals surface area (Å²) in [7, 11) is 0. The third-order valence-electron chi connectivity index (χ3n) is 3.02. The van der Waals surface area contributed by atoms with Crippen molar-refractivity contribution in [3.8, 4) is 0 Å². The third-order valence-corrected chi connectivity index (χ3v) is 3.02. The second-order valence-corrected chi connectivity index (χ2v) is 5.19. The first-order valence-corrected chi connectivity index (χ1v) is 6.87. The van der Waals surface area contributed by atoms with Gasteiger partial charge in [-0.25, -0.2) is 4.98 Å². The number of para-hydroxylation sites is 2. The van der Waals surface area contributed by atoms with E-state index in [0.29, 0.717) is 5.92 Å². The molecule has 1 aromatic heterocycles. The van der Waals surface area contributed by atoms with Crippen molar-refractivity contribution in [1.29, 1.82) is 0 Å². The van der Waals surface area contributed by atoms with Crippen molar-refractivity contribution in [2.75, 3.05) is 6.54 Å². The number of benzene rings is 1. The highest BCUT2D eigenvalue weighted by Crippen LogP contribution is 2.16. The van der Waals surface area contributed by atoms with Crippen LogP contribution in [0, 0.1) is 5.92 Å². The summed E-state index contributed by atoms with van der Waals surface area (Å²) in [4.78, 5) is 4.73. The molecule has 0 atom stereocenters. The van der Waals surface area contributed by atoms with Crippen LogP contribution in [0.25, 0.3) is 11.0 Å². The number of aryl methyl sites for hydroxylation is 1. The van der Waals surface area contributed by atoms with E-state index in [-0.39, 0.29) is 0 Å². The fourth-order valence-corrected chi connectivity index (χ4v) is 2.21. The van der Waals surface area contributed by atoms with Crippen molar-refractivity contribution < 1.29 is 0 Å². The lowest BCUT2D eigenvalue weighted by molar-refractivity contribution is 0.528. The van der Waals surface area contributed by atoms with E-state index < -0.39 is 0 Å². The molecule has 3 nitrogen and oxygen atoms in total. The lowest BCUT2D eigenvalue weighted by Gasteiger charge is -2.10. The molecule has 2 aromatic rings. The molecule has 1 heterocycles. The van der Waals surface area contributed by atoms with E-state index in [1.54, 1.807) is 0 Å². The summed E-state index contributed by atoms with van der Waals surface area (Å²) in [5.74, 6) is 1.83. The first-order chi connectivity index (χ1) is 8.72. The highest BCUT2D eigenvalue weighted by Gasteiger charge is 2.09. The lowest BCUT2D eigenvalue weighted by atomic mass is 10.2. The molecular weight excluding hydrogens is 222 g/mol. The highest BCUT2D eigenvalue weighted by molar-refractivity contribution is 5.75. The average Bonchev–Trinajstić information content (AvgIpc) is 2.68. The van der Waals surface area contributed by atoms with Gasteiger partial charge in [0.05, 0.1) is 17.6 Å². The zero-order chi connectivity index (χ0) is 13.0. The number of imidazole rings is 1. The molecule has 0 fully saturated rings. The van der Waals surface area contributed by atoms with Crippen molar-refractivity contribution in [3.05, 3.63) is 30.1 Å². The summed E-state index contributed by atoms with van der Waals surface area (Å²) in [5.41, 5.74) is 2.35. The molecule has 0 saturated carbocycles. The number of hydrogen-bond donors (Lipinski definition) is 1. The van der Waals surface area contributed by atoms with Crippen molar-refractivity contribution in [2.24, 2.45) is 5.92 Å². The third kappa shape index (κ3) is 2.91. The Morgan fingerprint density at radius 1 is 1.28 bits per heavy atom. The van der Waals surface area contributed by atoms with Gasteiger partial charge in [-0.3, -0.25) is 0 Å². The number of hydrogen-bond acceptors (Lipinski definition) is 2. The van der Waals surface area contributed by atoms with Gasteiger partial charge in [-0.15, -0.1) is 0 Å². The van der Waals surface area contributed by atoms with E-state index >= 15 is 0 Å². The largest absolute Gasteiger partial charge is 0.327 e. The normalized spacial score (nSPS) is 11.6. The molecular formula is C15H23N3. The predicted octanol–water partition coefficient (Wildman–Crippen LogP) is 3.19. The zero-order valence-electron chi connectivity index (χ0n) is 11.6. The van der Waals surface area contributed by atoms with Crippen LogP contribution in [-0.4, -0.2) is 16.1 Å². The van der Waals surface area contributed by atoms with E-state index in [9.17, 15) is 0 Å². The topological polar surface area (TPSA) is 29.9 Å². The Balaban J connectivity index is 2.22. The minimum absolute atomic E-state index is 0.675. The van der Waals surface area contributed by atoms with Crippen LogP contribution >= 0.6 is 0 Å². The van der Waals surface area contributed by atoms with Crippen LogP contribution in [0.4, 0.5) is 0 Å². The molecule has 0 radical (unpaired) electrons. The van der Waals surface area contributed by atoms with Crippen molar-refractivity contribution in [3.63, 3.8) is 0 Å². The molecule has 1 N–H and O–H groups in total. The predicted molar refractivity (Wildman–Crippen MR) is 76.6 cm³/mol. The van der Waals surface area contributed by atoms with E-state index in [4.69, 9.17) is 4.98 Å². The summed E-state index contributed by atoms with van der Waals surface area (Å²) in [6, 6.07) is 8.38. The van der Waals surface area contributed by atoms with Gasteiger partial charge in [-0.2, -0.15) is 0 Å². The lowest BCUT2D eigenvalue weighted by Crippen LogP contribution is -2.21. The number of nitrogens with one attached hydrogen (secondary N) is 1. The summed E-state index contributed by atoms with van der Waals surface area (Å²) in [5, 5.41) is 3.48. The Kier molecular flexibility index (Phi) is 4.37. The monoisotopic (exact) mass is 245 g/mol. The molecule has 18 heavy (non-hydrogen) atoms. The second-order valence-electron chi connectivity index (χ2n) is 5.19. The quantitative estimate of drug-likeness (QED) is 0.847. The van der Waals surface area contributed by atoms with Crippen molar-refractivity contribution >= 4 is 11.0 Å². The highest BCUT2D eigenvalue weighted by atomic mass is 15.1. The Hall–Kier alpha value is -1.35. The van der Waals surface area contributed by atoms with Gasteiger partial charge in [-0.1, -0.05) is 32.9 Å². The van der Waals surface area contributed by atoms with E-state index in [0.717, 1.165) is 37.4 Å². The van der Waals surface area contributed by atoms with Gasteiger partial charge in [0.25, 0.3) is 0 Å². The minimum atomic E-state index is 0.675. The molecule has 0 spiro atoms. The van der Waals surface area contributed by atoms with Crippen LogP contribution in [0.3, 0.4) is 0 Å². The first-order valence-electron chi connectivity index (χ1n) is 6.87. The van der Waals surface area contributed by atoms with Crippen LogP contribution in [0.1, 0.15) is 33.0 Å². The minimum Gasteiger partial charge on any atom is -0.327 e. The maximum absolute atomic E-state index is 4.73. The fourth-order valence-electron chi connectivity index (χ4n) is 2.21. The summed E-state index contributed by atoms with van der Waals surface area (Å²) >= 11 is 0. The summed E-state index contributed by atoms with van der Waals surface area (Å²) in [6.07, 6.45) is 1.14. The Morgan fingerprint density at radius 3 is 2.78 bits per heavy atom. The van der Waals surface area contributed by atoms with E-state index in [2.05, 4.69) is 54.9 Å². The zero-order valence-corrected chi connectivity index (χ0v) is 11.6. The molecule has 0 unspecified atom stereocenters. The molecule has 0 saturated heterocycles. The van der Waals surface area contributed by atoms with Crippen LogP contribution in [-0.2, 0) is 13.1 Å². The van der Waals surface area contributed by atoms with E-state index in [1.807, 2.05) is 0 Å². The number of nitrogens with zero attached hydrogens (tertiary/aromatic N) is 2. The van der Waals surface area contributed by atoms with Crippen LogP contribution in [0.2, 0.25) is 0 Å². The Morgan fingerprint density at radius 2 is 2.06 bits per heavy atom. The van der Waals surface area contributed by atoms with Crippen molar-refractivity contribution in [1.82, 2.24) is 14.9 Å². The van der Waals surface area contributed by atoms with Gasteiger partial charge in [0.15, 0.2) is 0 Å². The van der Waals surface area contributed by atoms with E-state index in [1.165, 1.54) is 5.52 Å². The van der Waals surface area contributed by atoms with Crippen molar-refractivity contribution in [2.45, 2.75) is 40.3 Å². The Bertz CT molecular complexity index is 499. The molecule has 0 aliphatic carbocycles. The number of fused-ring (bicyclic) bond motifs is 1. The Labute approximate surface area is 109 Å². The molecule has 0 aliphatic heterocycles. The average molecular weight is 245 g/mol. The molecule has 0 bridgehead atoms. The van der Waals surface area contributed by atoms with Gasteiger partial charge < -0.3 is 9.88 Å².